The average Bonchev–Trinajstić information content (AvgIpc) is 3.63. The molecule has 20 heteroatoms. The minimum absolute atomic E-state index is 0.219. The van der Waals surface area contributed by atoms with Gasteiger partial charge in [-0.15, -0.1) is 5.10 Å². The maximum Gasteiger partial charge on any atom is 0.275 e. The van der Waals surface area contributed by atoms with Gasteiger partial charge in [0.1, 0.15) is 17.9 Å². The Morgan fingerprint density at radius 3 is 2.48 bits per heavy atom. The highest BCUT2D eigenvalue weighted by Crippen LogP contribution is 2.44. The van der Waals surface area contributed by atoms with Gasteiger partial charge in [0.2, 0.25) is 11.8 Å². The Labute approximate surface area is 383 Å². The summed E-state index contributed by atoms with van der Waals surface area (Å²) in [4.78, 5) is 57.9. The predicted octanol–water partition coefficient (Wildman–Crippen LogP) is 4.56. The molecule has 2 aromatic carbocycles. The van der Waals surface area contributed by atoms with E-state index in [2.05, 4.69) is 25.8 Å². The van der Waals surface area contributed by atoms with E-state index in [1.165, 1.54) is 10.7 Å². The number of amides is 3. The van der Waals surface area contributed by atoms with Crippen molar-refractivity contribution in [2.24, 2.45) is 0 Å². The third-order valence-corrected chi connectivity index (χ3v) is 14.2. The number of halogens is 4. The summed E-state index contributed by atoms with van der Waals surface area (Å²) in [6, 6.07) is 13.3. The van der Waals surface area contributed by atoms with Crippen molar-refractivity contribution in [1.29, 1.82) is 0 Å². The molecule has 4 atom stereocenters. The number of imidazole rings is 1. The van der Waals surface area contributed by atoms with E-state index in [1.54, 1.807) is 36.2 Å². The van der Waals surface area contributed by atoms with Crippen molar-refractivity contribution in [2.45, 2.75) is 68.9 Å². The Morgan fingerprint density at radius 1 is 0.940 bits per heavy atom. The first-order valence-corrected chi connectivity index (χ1v) is 22.9. The zero-order valence-corrected chi connectivity index (χ0v) is 37.2. The van der Waals surface area contributed by atoms with E-state index in [0.717, 1.165) is 34.5 Å². The number of hydrogen-bond acceptors (Lipinski definition) is 13. The van der Waals surface area contributed by atoms with E-state index in [1.807, 2.05) is 57.2 Å². The van der Waals surface area contributed by atoms with Gasteiger partial charge in [0.25, 0.3) is 11.8 Å². The highest BCUT2D eigenvalue weighted by Gasteiger charge is 2.48. The number of piperidine rings is 2. The molecule has 0 radical (unpaired) electrons. The molecule has 350 valence electrons. The summed E-state index contributed by atoms with van der Waals surface area (Å²) >= 11 is 0. The number of imide groups is 1. The number of aromatic nitrogens is 4. The van der Waals surface area contributed by atoms with Gasteiger partial charge in [-0.25, -0.2) is 27.1 Å². The van der Waals surface area contributed by atoms with Crippen molar-refractivity contribution >= 4 is 57.6 Å². The second kappa shape index (κ2) is 16.7. The number of carbonyl (C=O) groups is 3. The summed E-state index contributed by atoms with van der Waals surface area (Å²) in [5.41, 5.74) is 7.39. The number of hydrogen-bond donors (Lipinski definition) is 3. The standard InChI is InChI=1S/C47H51F4N13O3/c1-52-33-21-40(57-64-38(23-54-44(33)64)46(67)55-32-20-30(32)48)62-15-12-29-28(4-3-5-34(29)62)31-7-6-27(22-53-31)24-59-14-13-39(47(50,51)25-59)61-18-16-60(17-19-61)35-8-9-36-43(42(35)49)58(2)26-63(36)37-10-11-41(65)56-45(37)66/h3-9,21-23,30,32,37,39,52H,10-20,24-26H2,1-2H3,(H,55,67)(H,56,65,66)/t30-,32+,37?,39-/m0/s1. The quantitative estimate of drug-likeness (QED) is 0.133. The number of pyridine rings is 1. The van der Waals surface area contributed by atoms with E-state index in [0.29, 0.717) is 106 Å². The molecule has 11 rings (SSSR count). The third kappa shape index (κ3) is 7.72. The van der Waals surface area contributed by atoms with Gasteiger partial charge in [0, 0.05) is 96.3 Å². The molecule has 4 fully saturated rings. The molecule has 1 unspecified atom stereocenters. The lowest BCUT2D eigenvalue weighted by Crippen LogP contribution is -2.61. The lowest BCUT2D eigenvalue weighted by Gasteiger charge is -2.46. The first-order chi connectivity index (χ1) is 32.3. The van der Waals surface area contributed by atoms with Crippen molar-refractivity contribution in [1.82, 2.24) is 40.0 Å². The summed E-state index contributed by atoms with van der Waals surface area (Å²) < 4.78 is 63.4. The van der Waals surface area contributed by atoms with E-state index in [9.17, 15) is 18.8 Å². The summed E-state index contributed by atoms with van der Waals surface area (Å²) in [5, 5.41) is 13.1. The molecule has 6 aliphatic rings. The molecule has 1 saturated carbocycles. The average molecular weight is 922 g/mol. The molecule has 5 aromatic rings. The van der Waals surface area contributed by atoms with Crippen LogP contribution >= 0.6 is 0 Å². The summed E-state index contributed by atoms with van der Waals surface area (Å²) in [7, 11) is 3.55. The minimum atomic E-state index is -2.96. The molecule has 0 bridgehead atoms. The molecule has 5 aliphatic heterocycles. The van der Waals surface area contributed by atoms with Gasteiger partial charge < -0.3 is 30.2 Å². The predicted molar refractivity (Wildman–Crippen MR) is 244 cm³/mol. The van der Waals surface area contributed by atoms with Crippen molar-refractivity contribution in [3.63, 3.8) is 0 Å². The number of carbonyl (C=O) groups excluding carboxylic acids is 3. The fourth-order valence-electron chi connectivity index (χ4n) is 10.7. The van der Waals surface area contributed by atoms with Crippen LogP contribution in [0.4, 0.5) is 51.8 Å². The third-order valence-electron chi connectivity index (χ3n) is 14.2. The second-order valence-corrected chi connectivity index (χ2v) is 18.5. The fourth-order valence-corrected chi connectivity index (χ4v) is 10.7. The Balaban J connectivity index is 0.719. The molecular formula is C47H51F4N13O3. The Morgan fingerprint density at radius 2 is 1.75 bits per heavy atom. The number of nitrogens with zero attached hydrogens (tertiary/aromatic N) is 10. The number of nitrogens with one attached hydrogen (secondary N) is 3. The fraction of sp³-hybridized carbons (Fsp3) is 0.447. The molecular weight excluding hydrogens is 871 g/mol. The normalized spacial score (nSPS) is 24.0. The van der Waals surface area contributed by atoms with Gasteiger partial charge in [0.15, 0.2) is 23.0 Å². The van der Waals surface area contributed by atoms with Crippen LogP contribution in [0.2, 0.25) is 0 Å². The maximum absolute atomic E-state index is 16.2. The summed E-state index contributed by atoms with van der Waals surface area (Å²) in [6.45, 7) is 2.93. The molecule has 1 aliphatic carbocycles. The molecule has 3 amide bonds. The smallest absolute Gasteiger partial charge is 0.275 e. The first kappa shape index (κ1) is 43.1. The number of rotatable bonds is 10. The number of likely N-dealkylation sites (tertiary alicyclic amines) is 1. The van der Waals surface area contributed by atoms with Crippen LogP contribution in [-0.2, 0) is 22.6 Å². The van der Waals surface area contributed by atoms with Crippen molar-refractivity contribution in [2.75, 3.05) is 91.5 Å². The molecule has 3 aromatic heterocycles. The Hall–Kier alpha value is -6.54. The molecule has 3 N–H and O–H groups in total. The largest absolute Gasteiger partial charge is 0.385 e. The van der Waals surface area contributed by atoms with Gasteiger partial charge >= 0.3 is 0 Å². The number of anilines is 6. The monoisotopic (exact) mass is 921 g/mol. The molecule has 8 heterocycles. The maximum atomic E-state index is 16.2. The van der Waals surface area contributed by atoms with E-state index in [4.69, 9.17) is 10.1 Å². The molecule has 67 heavy (non-hydrogen) atoms. The van der Waals surface area contributed by atoms with Crippen LogP contribution in [0.1, 0.15) is 47.3 Å². The number of benzene rings is 2. The Bertz CT molecular complexity index is 2780. The highest BCUT2D eigenvalue weighted by atomic mass is 19.3. The van der Waals surface area contributed by atoms with Crippen molar-refractivity contribution in [3.05, 3.63) is 83.6 Å². The van der Waals surface area contributed by atoms with Crippen LogP contribution in [0.3, 0.4) is 0 Å². The van der Waals surface area contributed by atoms with Crippen LogP contribution in [0.5, 0.6) is 0 Å². The topological polar surface area (TPSA) is 150 Å². The Kier molecular flexibility index (Phi) is 10.7. The van der Waals surface area contributed by atoms with E-state index in [-0.39, 0.29) is 30.5 Å². The van der Waals surface area contributed by atoms with Gasteiger partial charge in [-0.2, -0.15) is 0 Å². The van der Waals surface area contributed by atoms with Gasteiger partial charge in [-0.05, 0) is 54.7 Å². The number of fused-ring (bicyclic) bond motifs is 3. The lowest BCUT2D eigenvalue weighted by molar-refractivity contribution is -0.134. The van der Waals surface area contributed by atoms with Gasteiger partial charge in [0.05, 0.1) is 54.3 Å². The van der Waals surface area contributed by atoms with Crippen LogP contribution in [0, 0.1) is 5.82 Å². The first-order valence-electron chi connectivity index (χ1n) is 22.9. The van der Waals surface area contributed by atoms with Crippen LogP contribution < -0.4 is 35.6 Å². The van der Waals surface area contributed by atoms with Gasteiger partial charge in [-0.3, -0.25) is 34.5 Å². The zero-order chi connectivity index (χ0) is 46.3. The molecule has 0 spiro atoms. The summed E-state index contributed by atoms with van der Waals surface area (Å²) in [6.07, 6.45) is 4.08. The SMILES string of the molecule is CNc1cc(N2CCc3c(-c4ccc(CN5CC[C@H](N6CCN(c7ccc8c(c7F)N(C)CN8C7CCC(=O)NC7=O)CC6)C(F)(F)C5)cn4)cccc32)nn2c(C(=O)N[C@@H]3C[C@@H]3F)cnc12. The number of alkyl halides is 3. The zero-order valence-electron chi connectivity index (χ0n) is 37.2. The minimum Gasteiger partial charge on any atom is -0.385 e. The second-order valence-electron chi connectivity index (χ2n) is 18.5. The molecule has 3 saturated heterocycles. The van der Waals surface area contributed by atoms with Crippen LogP contribution in [0.25, 0.3) is 16.9 Å². The molecule has 16 nitrogen and oxygen atoms in total. The number of piperazine rings is 1. The van der Waals surface area contributed by atoms with E-state index >= 15 is 13.2 Å². The van der Waals surface area contributed by atoms with E-state index < -0.39 is 41.9 Å². The van der Waals surface area contributed by atoms with Crippen molar-refractivity contribution < 1.29 is 31.9 Å². The highest BCUT2D eigenvalue weighted by molar-refractivity contribution is 6.02. The van der Waals surface area contributed by atoms with Crippen molar-refractivity contribution in [3.8, 4) is 11.3 Å². The lowest BCUT2D eigenvalue weighted by atomic mass is 9.97. The van der Waals surface area contributed by atoms with Crippen LogP contribution in [-0.4, -0.2) is 144 Å². The van der Waals surface area contributed by atoms with Gasteiger partial charge in [-0.1, -0.05) is 18.2 Å². The van der Waals surface area contributed by atoms with Crippen LogP contribution in [0.15, 0.2) is 60.9 Å². The summed E-state index contributed by atoms with van der Waals surface area (Å²) in [5.74, 6) is -3.87.